The Labute approximate surface area is 279 Å². The van der Waals surface area contributed by atoms with E-state index in [9.17, 15) is 14.4 Å². The van der Waals surface area contributed by atoms with Gasteiger partial charge >= 0.3 is 0 Å². The molecule has 0 saturated heterocycles. The molecule has 4 rings (SSSR count). The van der Waals surface area contributed by atoms with Gasteiger partial charge in [-0.1, -0.05) is 99.3 Å². The number of halogens is 3. The van der Waals surface area contributed by atoms with Gasteiger partial charge in [0.2, 0.25) is 11.8 Å². The molecule has 1 aliphatic heterocycles. The first-order valence-electron chi connectivity index (χ1n) is 15.2. The summed E-state index contributed by atoms with van der Waals surface area (Å²) in [7, 11) is 0. The molecule has 0 fully saturated rings. The summed E-state index contributed by atoms with van der Waals surface area (Å²) in [6, 6.07) is 13.6. The fraction of sp³-hybridized carbons (Fsp3) is 0.424. The van der Waals surface area contributed by atoms with E-state index in [1.54, 1.807) is 12.3 Å². The Morgan fingerprint density at radius 2 is 1.76 bits per heavy atom. The van der Waals surface area contributed by atoms with Crippen LogP contribution in [0.5, 0.6) is 0 Å². The van der Waals surface area contributed by atoms with Crippen LogP contribution in [0, 0.1) is 11.3 Å². The average Bonchev–Trinajstić information content (AvgIpc) is 3.64. The lowest BCUT2D eigenvalue weighted by molar-refractivity contribution is -0.132. The average molecular weight is 674 g/mol. The van der Waals surface area contributed by atoms with E-state index in [0.717, 1.165) is 23.4 Å². The minimum Gasteiger partial charge on any atom is -0.356 e. The number of unbranched alkanes of at least 4 members (excludes halogenated alkanes) is 1. The summed E-state index contributed by atoms with van der Waals surface area (Å²) < 4.78 is 1.41. The molecular formula is C33H39Cl3N6O3. The number of nitrogens with one attached hydrogen (secondary N) is 2. The van der Waals surface area contributed by atoms with E-state index in [2.05, 4.69) is 46.8 Å². The van der Waals surface area contributed by atoms with Crippen molar-refractivity contribution in [3.05, 3.63) is 81.6 Å². The molecule has 45 heavy (non-hydrogen) atoms. The number of aromatic nitrogens is 2. The lowest BCUT2D eigenvalue weighted by Gasteiger charge is -2.32. The Hall–Kier alpha value is -3.40. The molecule has 3 aromatic rings. The van der Waals surface area contributed by atoms with E-state index >= 15 is 0 Å². The molecule has 0 aliphatic carbocycles. The summed E-state index contributed by atoms with van der Waals surface area (Å²) in [6.07, 6.45) is 6.30. The Balaban J connectivity index is 1.63. The molecule has 4 unspecified atom stereocenters. The molecule has 12 heteroatoms. The molecule has 0 radical (unpaired) electrons. The van der Waals surface area contributed by atoms with Crippen LogP contribution >= 0.6 is 34.8 Å². The zero-order valence-corrected chi connectivity index (χ0v) is 28.2. The first kappa shape index (κ1) is 34.5. The second kappa shape index (κ2) is 15.3. The summed E-state index contributed by atoms with van der Waals surface area (Å²) in [5.41, 5.74) is 0.310. The fourth-order valence-electron chi connectivity index (χ4n) is 5.48. The van der Waals surface area contributed by atoms with E-state index in [0.29, 0.717) is 30.8 Å². The Kier molecular flexibility index (Phi) is 11.7. The van der Waals surface area contributed by atoms with Crippen molar-refractivity contribution in [3.63, 3.8) is 0 Å². The van der Waals surface area contributed by atoms with Crippen LogP contribution in [0.15, 0.2) is 66.0 Å². The number of anilines is 1. The van der Waals surface area contributed by atoms with Gasteiger partial charge in [-0.05, 0) is 55.4 Å². The Morgan fingerprint density at radius 3 is 2.36 bits per heavy atom. The number of carbonyl (C=O) groups is 3. The van der Waals surface area contributed by atoms with Crippen molar-refractivity contribution >= 4 is 64.0 Å². The highest BCUT2D eigenvalue weighted by atomic mass is 35.5. The molecule has 0 bridgehead atoms. The normalized spacial score (nSPS) is 17.4. The van der Waals surface area contributed by atoms with E-state index in [-0.39, 0.29) is 39.3 Å². The van der Waals surface area contributed by atoms with E-state index < -0.39 is 23.3 Å². The fourth-order valence-corrected chi connectivity index (χ4v) is 6.45. The highest BCUT2D eigenvalue weighted by Gasteiger charge is 2.44. The zero-order chi connectivity index (χ0) is 32.7. The van der Waals surface area contributed by atoms with Crippen molar-refractivity contribution in [3.8, 4) is 0 Å². The molecule has 0 spiro atoms. The van der Waals surface area contributed by atoms with Gasteiger partial charge in [-0.25, -0.2) is 0 Å². The highest BCUT2D eigenvalue weighted by molar-refractivity contribution is 6.42. The Morgan fingerprint density at radius 1 is 1.07 bits per heavy atom. The van der Waals surface area contributed by atoms with E-state index in [1.165, 1.54) is 23.0 Å². The molecule has 1 aliphatic rings. The number of rotatable bonds is 13. The maximum atomic E-state index is 14.1. The van der Waals surface area contributed by atoms with Gasteiger partial charge in [0.25, 0.3) is 5.91 Å². The van der Waals surface area contributed by atoms with Gasteiger partial charge in [-0.2, -0.15) is 10.1 Å². The van der Waals surface area contributed by atoms with E-state index in [4.69, 9.17) is 34.8 Å². The van der Waals surface area contributed by atoms with Crippen LogP contribution in [0.25, 0.3) is 0 Å². The van der Waals surface area contributed by atoms with Gasteiger partial charge in [-0.15, -0.1) is 5.10 Å². The van der Waals surface area contributed by atoms with Crippen LogP contribution in [0.2, 0.25) is 15.1 Å². The zero-order valence-electron chi connectivity index (χ0n) is 25.9. The summed E-state index contributed by atoms with van der Waals surface area (Å²) >= 11 is 19.0. The maximum absolute atomic E-state index is 14.1. The van der Waals surface area contributed by atoms with Crippen molar-refractivity contribution < 1.29 is 14.4 Å². The minimum absolute atomic E-state index is 0.0667. The highest BCUT2D eigenvalue weighted by Crippen LogP contribution is 2.40. The van der Waals surface area contributed by atoms with Crippen LogP contribution in [0.1, 0.15) is 77.3 Å². The van der Waals surface area contributed by atoms with Gasteiger partial charge in [0.1, 0.15) is 5.69 Å². The Bertz CT molecular complexity index is 1510. The van der Waals surface area contributed by atoms with Crippen molar-refractivity contribution in [2.24, 2.45) is 16.4 Å². The van der Waals surface area contributed by atoms with Crippen molar-refractivity contribution in [1.82, 2.24) is 20.4 Å². The molecule has 2 N–H and O–H groups in total. The van der Waals surface area contributed by atoms with Gasteiger partial charge < -0.3 is 10.6 Å². The lowest BCUT2D eigenvalue weighted by atomic mass is 9.74. The van der Waals surface area contributed by atoms with Gasteiger partial charge in [0, 0.05) is 35.3 Å². The molecule has 0 saturated carbocycles. The molecular weight excluding hydrogens is 635 g/mol. The standard InChI is InChI=1S/C33H39Cl3N6O3/c1-5-7-14-37-30(43)23(17-21(3)22-12-9-8-10-13-22)20-33(4,6-2)32(45)39-29-28(41-16-11-15-38-41)31(44)42(40-29)27-25(35)18-24(34)19-26(27)36/h8-13,15-16,18-19,21,23,28H,5-7,14,17,20H2,1-4H3,(H,37,43)(H,39,40,45). The van der Waals surface area contributed by atoms with Crippen LogP contribution in [0.3, 0.4) is 0 Å². The molecule has 3 amide bonds. The van der Waals surface area contributed by atoms with Crippen LogP contribution < -0.4 is 15.6 Å². The van der Waals surface area contributed by atoms with Crippen molar-refractivity contribution in [1.29, 1.82) is 0 Å². The molecule has 2 aromatic carbocycles. The number of carbonyl (C=O) groups excluding carboxylic acids is 3. The summed E-state index contributed by atoms with van der Waals surface area (Å²) in [5.74, 6) is -1.20. The van der Waals surface area contributed by atoms with Gasteiger partial charge in [0.05, 0.1) is 10.0 Å². The maximum Gasteiger partial charge on any atom is 0.280 e. The van der Waals surface area contributed by atoms with Crippen molar-refractivity contribution in [2.45, 2.75) is 71.8 Å². The second-order valence-electron chi connectivity index (χ2n) is 11.7. The second-order valence-corrected chi connectivity index (χ2v) is 13.0. The summed E-state index contributed by atoms with van der Waals surface area (Å²) in [5, 5.41) is 16.3. The number of amides is 3. The number of amidine groups is 1. The van der Waals surface area contributed by atoms with Crippen molar-refractivity contribution in [2.75, 3.05) is 11.6 Å². The number of nitrogens with zero attached hydrogens (tertiary/aromatic N) is 4. The van der Waals surface area contributed by atoms with Gasteiger partial charge in [-0.3, -0.25) is 19.1 Å². The molecule has 1 aromatic heterocycles. The quantitative estimate of drug-likeness (QED) is 0.184. The minimum atomic E-state index is -1.07. The molecule has 2 heterocycles. The lowest BCUT2D eigenvalue weighted by Crippen LogP contribution is -2.47. The first-order chi connectivity index (χ1) is 21.5. The monoisotopic (exact) mass is 672 g/mol. The third-order valence-electron chi connectivity index (χ3n) is 8.37. The van der Waals surface area contributed by atoms with Gasteiger partial charge in [0.15, 0.2) is 11.9 Å². The largest absolute Gasteiger partial charge is 0.356 e. The van der Waals surface area contributed by atoms with E-state index in [1.807, 2.05) is 32.0 Å². The molecule has 240 valence electrons. The first-order valence-corrected chi connectivity index (χ1v) is 16.3. The van der Waals surface area contributed by atoms with Crippen LogP contribution in [0.4, 0.5) is 5.69 Å². The number of benzene rings is 2. The summed E-state index contributed by atoms with van der Waals surface area (Å²) in [4.78, 5) is 41.4. The predicted octanol–water partition coefficient (Wildman–Crippen LogP) is 7.39. The molecule has 9 nitrogen and oxygen atoms in total. The topological polar surface area (TPSA) is 109 Å². The third-order valence-corrected chi connectivity index (χ3v) is 9.16. The SMILES string of the molecule is CCCCNC(=O)C(CC(C)c1ccccc1)CC(C)(CC)C(=O)NC1=NN(c2c(Cl)cc(Cl)cc2Cl)C(=O)C1n1cccn1. The van der Waals surface area contributed by atoms with Crippen LogP contribution in [-0.4, -0.2) is 39.9 Å². The number of hydrogen-bond donors (Lipinski definition) is 2. The smallest absolute Gasteiger partial charge is 0.280 e. The number of hydrogen-bond acceptors (Lipinski definition) is 5. The van der Waals surface area contributed by atoms with Crippen LogP contribution in [-0.2, 0) is 14.4 Å². The summed E-state index contributed by atoms with van der Waals surface area (Å²) in [6.45, 7) is 8.50. The third kappa shape index (κ3) is 8.07. The predicted molar refractivity (Wildman–Crippen MR) is 180 cm³/mol. The number of hydrazone groups is 1. The molecule has 4 atom stereocenters.